The maximum Gasteiger partial charge on any atom is 0.320 e. The molecule has 246 valence electrons. The summed E-state index contributed by atoms with van der Waals surface area (Å²) >= 11 is 0. The van der Waals surface area contributed by atoms with Crippen LogP contribution >= 0.6 is 0 Å². The quantitative estimate of drug-likeness (QED) is 0.155. The minimum Gasteiger partial charge on any atom is -0.484 e. The zero-order valence-electron chi connectivity index (χ0n) is 28.2. The number of pyridine rings is 1. The number of amides is 2. The molecule has 10 heteroatoms. The smallest absolute Gasteiger partial charge is 0.320 e. The number of carbonyl (C=O) groups is 1. The molecule has 6 rings (SSSR count). The number of amidine groups is 1. The van der Waals surface area contributed by atoms with Gasteiger partial charge in [0.1, 0.15) is 17.7 Å². The number of aryl methyl sites for hydroxylation is 2. The average molecular weight is 635 g/mol. The van der Waals surface area contributed by atoms with E-state index in [1.54, 1.807) is 6.08 Å². The molecule has 2 amide bonds. The van der Waals surface area contributed by atoms with Crippen molar-refractivity contribution in [3.63, 3.8) is 0 Å². The van der Waals surface area contributed by atoms with E-state index in [1.165, 1.54) is 0 Å². The lowest BCUT2D eigenvalue weighted by Crippen LogP contribution is -2.42. The summed E-state index contributed by atoms with van der Waals surface area (Å²) in [6.45, 7) is 11.2. The lowest BCUT2D eigenvalue weighted by Gasteiger charge is -2.32. The van der Waals surface area contributed by atoms with Crippen LogP contribution in [0.25, 0.3) is 5.65 Å². The molecule has 1 saturated heterocycles. The molecule has 0 spiro atoms. The number of aliphatic imine (C=N–C) groups is 1. The first-order valence-corrected chi connectivity index (χ1v) is 16.5. The fraction of sp³-hybridized carbons (Fsp3) is 0.405. The van der Waals surface area contributed by atoms with Gasteiger partial charge >= 0.3 is 6.03 Å². The second kappa shape index (κ2) is 13.2. The van der Waals surface area contributed by atoms with Crippen LogP contribution in [-0.2, 0) is 0 Å². The van der Waals surface area contributed by atoms with Crippen molar-refractivity contribution in [2.24, 2.45) is 16.1 Å². The van der Waals surface area contributed by atoms with E-state index in [2.05, 4.69) is 49.3 Å². The molecule has 10 nitrogen and oxygen atoms in total. The first-order chi connectivity index (χ1) is 22.5. The highest BCUT2D eigenvalue weighted by molar-refractivity contribution is 6.05. The molecule has 3 atom stereocenters. The minimum absolute atomic E-state index is 0.158. The van der Waals surface area contributed by atoms with E-state index in [0.717, 1.165) is 71.0 Å². The molecule has 0 radical (unpaired) electrons. The number of likely N-dealkylation sites (tertiary alicyclic amines) is 1. The Labute approximate surface area is 277 Å². The number of rotatable bonds is 6. The van der Waals surface area contributed by atoms with E-state index in [-0.39, 0.29) is 29.6 Å². The van der Waals surface area contributed by atoms with Crippen LogP contribution in [0.3, 0.4) is 0 Å². The predicted molar refractivity (Wildman–Crippen MR) is 186 cm³/mol. The lowest BCUT2D eigenvalue weighted by molar-refractivity contribution is 0.171. The topological polar surface area (TPSA) is 122 Å². The molecule has 4 N–H and O–H groups in total. The molecule has 1 fully saturated rings. The Balaban J connectivity index is 1.20. The number of hydrogen-bond donors (Lipinski definition) is 3. The zero-order chi connectivity index (χ0) is 33.3. The molecule has 2 aliphatic rings. The number of aromatic nitrogens is 3. The minimum atomic E-state index is -0.339. The average Bonchev–Trinajstić information content (AvgIpc) is 3.64. The van der Waals surface area contributed by atoms with E-state index < -0.39 is 0 Å². The van der Waals surface area contributed by atoms with Crippen molar-refractivity contribution in [3.05, 3.63) is 101 Å². The second-order valence-corrected chi connectivity index (χ2v) is 13.9. The molecule has 0 bridgehead atoms. The van der Waals surface area contributed by atoms with Gasteiger partial charge in [-0.25, -0.2) is 9.79 Å². The monoisotopic (exact) mass is 634 g/mol. The molecule has 0 unspecified atom stereocenters. The van der Waals surface area contributed by atoms with Gasteiger partial charge in [-0.05, 0) is 93.6 Å². The van der Waals surface area contributed by atoms with Gasteiger partial charge in [0.25, 0.3) is 0 Å². The Kier molecular flexibility index (Phi) is 9.05. The maximum atomic E-state index is 13.5. The highest BCUT2D eigenvalue weighted by atomic mass is 16.5. The number of allylic oxidation sites excluding steroid dienone is 1. The van der Waals surface area contributed by atoms with Crippen LogP contribution in [-0.4, -0.2) is 45.0 Å². The summed E-state index contributed by atoms with van der Waals surface area (Å²) in [5.74, 6) is 2.10. The Morgan fingerprint density at radius 1 is 1.04 bits per heavy atom. The molecule has 1 aliphatic heterocycles. The highest BCUT2D eigenvalue weighted by Gasteiger charge is 2.31. The summed E-state index contributed by atoms with van der Waals surface area (Å²) in [6.07, 6.45) is 7.27. The molecule has 47 heavy (non-hydrogen) atoms. The van der Waals surface area contributed by atoms with E-state index in [0.29, 0.717) is 18.0 Å². The third-order valence-electron chi connectivity index (χ3n) is 9.24. The zero-order valence-corrected chi connectivity index (χ0v) is 28.2. The van der Waals surface area contributed by atoms with Gasteiger partial charge < -0.3 is 15.8 Å². The van der Waals surface area contributed by atoms with Crippen LogP contribution in [0, 0.1) is 19.3 Å². The Morgan fingerprint density at radius 2 is 1.83 bits per heavy atom. The number of nitrogens with one attached hydrogen (secondary N) is 2. The molecule has 0 saturated carbocycles. The number of benzene rings is 2. The first kappa shape index (κ1) is 32.2. The Hall–Kier alpha value is -4.70. The molecule has 4 aromatic rings. The first-order valence-electron chi connectivity index (χ1n) is 16.5. The summed E-state index contributed by atoms with van der Waals surface area (Å²) in [5.41, 5.74) is 12.6. The molecule has 1 aliphatic carbocycles. The van der Waals surface area contributed by atoms with Crippen molar-refractivity contribution in [2.45, 2.75) is 78.5 Å². The van der Waals surface area contributed by atoms with Crippen LogP contribution < -0.4 is 21.1 Å². The van der Waals surface area contributed by atoms with Crippen LogP contribution in [0.1, 0.15) is 92.7 Å². The van der Waals surface area contributed by atoms with E-state index in [1.807, 2.05) is 83.3 Å². The van der Waals surface area contributed by atoms with Gasteiger partial charge in [0.15, 0.2) is 11.5 Å². The molecule has 2 aromatic heterocycles. The van der Waals surface area contributed by atoms with Crippen LogP contribution in [0.15, 0.2) is 77.6 Å². The van der Waals surface area contributed by atoms with Gasteiger partial charge in [0.2, 0.25) is 0 Å². The Bertz CT molecular complexity index is 1840. The summed E-state index contributed by atoms with van der Waals surface area (Å²) in [5, 5.41) is 15.1. The fourth-order valence-corrected chi connectivity index (χ4v) is 6.35. The van der Waals surface area contributed by atoms with Gasteiger partial charge in [-0.3, -0.25) is 14.6 Å². The van der Waals surface area contributed by atoms with Crippen LogP contribution in [0.2, 0.25) is 0 Å². The molecule has 2 aromatic carbocycles. The molecular weight excluding hydrogens is 588 g/mol. The van der Waals surface area contributed by atoms with E-state index in [9.17, 15) is 4.79 Å². The second-order valence-electron chi connectivity index (χ2n) is 13.9. The summed E-state index contributed by atoms with van der Waals surface area (Å²) in [6, 6.07) is 17.9. The maximum absolute atomic E-state index is 13.5. The SMILES string of the molecule is Cc1ccc(C)c(N=C(C=C(N)C(C)(C)C)NC(=O)N[C@H]2CC[C@@H](Oc3ccc4nnc([C@@H]5CCCN5C)n4c3)c3ccccc32)c1. The number of hydrogen-bond acceptors (Lipinski definition) is 7. The number of fused-ring (bicyclic) bond motifs is 2. The number of ether oxygens (including phenoxy) is 1. The number of urea groups is 1. The Morgan fingerprint density at radius 3 is 2.57 bits per heavy atom. The third-order valence-corrected chi connectivity index (χ3v) is 9.24. The van der Waals surface area contributed by atoms with Crippen LogP contribution in [0.5, 0.6) is 5.75 Å². The predicted octanol–water partition coefficient (Wildman–Crippen LogP) is 6.99. The summed E-state index contributed by atoms with van der Waals surface area (Å²) in [7, 11) is 2.14. The fourth-order valence-electron chi connectivity index (χ4n) is 6.35. The summed E-state index contributed by atoms with van der Waals surface area (Å²) in [4.78, 5) is 20.7. The van der Waals surface area contributed by atoms with Gasteiger partial charge in [-0.1, -0.05) is 57.2 Å². The lowest BCUT2D eigenvalue weighted by atomic mass is 9.85. The molecular formula is C37H46N8O2. The summed E-state index contributed by atoms with van der Waals surface area (Å²) < 4.78 is 8.68. The van der Waals surface area contributed by atoms with Crippen molar-refractivity contribution < 1.29 is 9.53 Å². The van der Waals surface area contributed by atoms with Gasteiger partial charge in [0, 0.05) is 17.2 Å². The van der Waals surface area contributed by atoms with Crippen molar-refractivity contribution in [1.82, 2.24) is 30.1 Å². The number of nitrogens with two attached hydrogens (primary N) is 1. The standard InChI is InChI=1S/C37H46N8O2/c1-23-13-14-24(2)29(20-23)39-33(21-32(38)37(3,4)5)41-36(46)40-28-16-17-31(27-11-8-7-10-26(27)28)47-25-15-18-34-42-43-35(45(34)22-25)30-12-9-19-44(30)6/h7-8,10-11,13-15,18,20-22,28,30-31H,9,12,16-17,19,38H2,1-6H3,(H2,39,40,41,46)/t28-,30-,31+/m0/s1. The normalized spacial score (nSPS) is 20.7. The van der Waals surface area contributed by atoms with Crippen molar-refractivity contribution in [3.8, 4) is 5.75 Å². The van der Waals surface area contributed by atoms with Crippen molar-refractivity contribution in [2.75, 3.05) is 13.6 Å². The van der Waals surface area contributed by atoms with Crippen molar-refractivity contribution in [1.29, 1.82) is 0 Å². The molecule has 3 heterocycles. The van der Waals surface area contributed by atoms with Gasteiger partial charge in [-0.2, -0.15) is 0 Å². The van der Waals surface area contributed by atoms with Crippen molar-refractivity contribution >= 4 is 23.2 Å². The van der Waals surface area contributed by atoms with E-state index in [4.69, 9.17) is 15.5 Å². The third kappa shape index (κ3) is 7.17. The number of carbonyl (C=O) groups excluding carboxylic acids is 1. The van der Waals surface area contributed by atoms with E-state index >= 15 is 0 Å². The van der Waals surface area contributed by atoms with Gasteiger partial charge in [-0.15, -0.1) is 10.2 Å². The number of nitrogens with zero attached hydrogens (tertiary/aromatic N) is 5. The van der Waals surface area contributed by atoms with Gasteiger partial charge in [0.05, 0.1) is 24.0 Å². The largest absolute Gasteiger partial charge is 0.484 e. The van der Waals surface area contributed by atoms with Crippen LogP contribution in [0.4, 0.5) is 10.5 Å². The highest BCUT2D eigenvalue weighted by Crippen LogP contribution is 2.39.